The number of halogens is 1. The van der Waals surface area contributed by atoms with Crippen LogP contribution in [-0.4, -0.2) is 26.4 Å². The lowest BCUT2D eigenvalue weighted by Crippen LogP contribution is -2.34. The monoisotopic (exact) mass is 379 g/mol. The number of aromatic nitrogens is 3. The van der Waals surface area contributed by atoms with Crippen LogP contribution in [-0.2, 0) is 6.54 Å². The molecule has 3 aromatic rings. The molecule has 1 unspecified atom stereocenters. The number of likely N-dealkylation sites (tertiary alicyclic amines) is 1. The highest BCUT2D eigenvalue weighted by atomic mass is 35.5. The second-order valence-corrected chi connectivity index (χ2v) is 7.31. The minimum atomic E-state index is 0.211. The van der Waals surface area contributed by atoms with Gasteiger partial charge in [0.05, 0.1) is 11.7 Å². The molecular weight excluding hydrogens is 358 g/mol. The maximum Gasteiger partial charge on any atom is 0.220 e. The van der Waals surface area contributed by atoms with E-state index in [1.807, 2.05) is 42.9 Å². The summed E-state index contributed by atoms with van der Waals surface area (Å²) < 4.78 is 0. The Labute approximate surface area is 164 Å². The van der Waals surface area contributed by atoms with Gasteiger partial charge in [0.1, 0.15) is 0 Å². The number of nitrogen functional groups attached to an aromatic ring is 1. The SMILES string of the molecule is Nc1ncc(-c2ccc(Cl)cc2)c(C2CCCCN2Cc2ccncc2)n1. The Kier molecular flexibility index (Phi) is 5.32. The lowest BCUT2D eigenvalue weighted by atomic mass is 9.93. The van der Waals surface area contributed by atoms with Gasteiger partial charge in [-0.15, -0.1) is 0 Å². The highest BCUT2D eigenvalue weighted by Crippen LogP contribution is 2.36. The Morgan fingerprint density at radius 3 is 2.63 bits per heavy atom. The van der Waals surface area contributed by atoms with E-state index >= 15 is 0 Å². The van der Waals surface area contributed by atoms with Crippen molar-refractivity contribution in [1.82, 2.24) is 19.9 Å². The van der Waals surface area contributed by atoms with Gasteiger partial charge in [-0.1, -0.05) is 30.2 Å². The molecule has 1 saturated heterocycles. The Balaban J connectivity index is 1.71. The van der Waals surface area contributed by atoms with Crippen LogP contribution in [0.25, 0.3) is 11.1 Å². The smallest absolute Gasteiger partial charge is 0.220 e. The maximum absolute atomic E-state index is 6.06. The average molecular weight is 380 g/mol. The maximum atomic E-state index is 6.06. The van der Waals surface area contributed by atoms with Crippen molar-refractivity contribution < 1.29 is 0 Å². The standard InChI is InChI=1S/C21H22ClN5/c22-17-6-4-16(5-7-17)18-13-25-21(23)26-20(18)19-3-1-2-12-27(19)14-15-8-10-24-11-9-15/h4-11,13,19H,1-3,12,14H2,(H2,23,25,26). The highest BCUT2D eigenvalue weighted by Gasteiger charge is 2.28. The molecule has 0 bridgehead atoms. The summed E-state index contributed by atoms with van der Waals surface area (Å²) in [6.45, 7) is 1.91. The van der Waals surface area contributed by atoms with Crippen molar-refractivity contribution in [3.63, 3.8) is 0 Å². The molecule has 1 fully saturated rings. The molecular formula is C21H22ClN5. The first-order valence-electron chi connectivity index (χ1n) is 9.22. The summed E-state index contributed by atoms with van der Waals surface area (Å²) in [5, 5.41) is 0.716. The van der Waals surface area contributed by atoms with Gasteiger partial charge in [-0.05, 0) is 54.8 Å². The Hall–Kier alpha value is -2.50. The normalized spacial score (nSPS) is 17.7. The molecule has 27 heavy (non-hydrogen) atoms. The van der Waals surface area contributed by atoms with E-state index in [2.05, 4.69) is 32.0 Å². The molecule has 1 aliphatic heterocycles. The number of anilines is 1. The van der Waals surface area contributed by atoms with Gasteiger partial charge in [-0.25, -0.2) is 9.97 Å². The molecule has 0 aliphatic carbocycles. The van der Waals surface area contributed by atoms with E-state index in [-0.39, 0.29) is 6.04 Å². The minimum Gasteiger partial charge on any atom is -0.368 e. The van der Waals surface area contributed by atoms with E-state index in [0.717, 1.165) is 36.3 Å². The molecule has 0 spiro atoms. The largest absolute Gasteiger partial charge is 0.368 e. The van der Waals surface area contributed by atoms with Crippen molar-refractivity contribution in [2.45, 2.75) is 31.8 Å². The summed E-state index contributed by atoms with van der Waals surface area (Å²) in [7, 11) is 0. The number of rotatable bonds is 4. The van der Waals surface area contributed by atoms with E-state index in [1.165, 1.54) is 18.4 Å². The summed E-state index contributed by atoms with van der Waals surface area (Å²) >= 11 is 6.06. The Morgan fingerprint density at radius 2 is 1.85 bits per heavy atom. The topological polar surface area (TPSA) is 67.9 Å². The zero-order chi connectivity index (χ0) is 18.6. The molecule has 1 aliphatic rings. The highest BCUT2D eigenvalue weighted by molar-refractivity contribution is 6.30. The van der Waals surface area contributed by atoms with Gasteiger partial charge in [0, 0.05) is 35.7 Å². The van der Waals surface area contributed by atoms with E-state index in [0.29, 0.717) is 11.0 Å². The Morgan fingerprint density at radius 1 is 1.07 bits per heavy atom. The average Bonchev–Trinajstić information content (AvgIpc) is 2.70. The van der Waals surface area contributed by atoms with E-state index in [1.54, 1.807) is 0 Å². The molecule has 6 heteroatoms. The summed E-state index contributed by atoms with van der Waals surface area (Å²) in [6, 6.07) is 12.2. The number of nitrogens with zero attached hydrogens (tertiary/aromatic N) is 4. The lowest BCUT2D eigenvalue weighted by molar-refractivity contribution is 0.137. The van der Waals surface area contributed by atoms with Gasteiger partial charge < -0.3 is 5.73 Å². The fraction of sp³-hybridized carbons (Fsp3) is 0.286. The van der Waals surface area contributed by atoms with Crippen LogP contribution >= 0.6 is 11.6 Å². The van der Waals surface area contributed by atoms with Crippen molar-refractivity contribution in [3.8, 4) is 11.1 Å². The third-order valence-corrected chi connectivity index (χ3v) is 5.31. The van der Waals surface area contributed by atoms with Crippen molar-refractivity contribution in [3.05, 3.63) is 71.3 Å². The molecule has 1 atom stereocenters. The van der Waals surface area contributed by atoms with Crippen molar-refractivity contribution in [2.75, 3.05) is 12.3 Å². The molecule has 138 valence electrons. The first-order chi connectivity index (χ1) is 13.2. The van der Waals surface area contributed by atoms with Gasteiger partial charge in [0.2, 0.25) is 5.95 Å². The van der Waals surface area contributed by atoms with Crippen molar-refractivity contribution >= 4 is 17.5 Å². The quantitative estimate of drug-likeness (QED) is 0.722. The van der Waals surface area contributed by atoms with Gasteiger partial charge >= 0.3 is 0 Å². The molecule has 0 saturated carbocycles. The summed E-state index contributed by atoms with van der Waals surface area (Å²) in [6.07, 6.45) is 8.95. The first-order valence-corrected chi connectivity index (χ1v) is 9.60. The molecule has 1 aromatic carbocycles. The number of benzene rings is 1. The number of nitrogens with two attached hydrogens (primary N) is 1. The zero-order valence-corrected chi connectivity index (χ0v) is 15.8. The van der Waals surface area contributed by atoms with Crippen molar-refractivity contribution in [2.24, 2.45) is 0 Å². The second-order valence-electron chi connectivity index (χ2n) is 6.87. The van der Waals surface area contributed by atoms with Crippen LogP contribution in [0.5, 0.6) is 0 Å². The van der Waals surface area contributed by atoms with Crippen LogP contribution in [0.1, 0.15) is 36.6 Å². The van der Waals surface area contributed by atoms with Crippen LogP contribution in [0.15, 0.2) is 55.0 Å². The summed E-state index contributed by atoms with van der Waals surface area (Å²) in [5.74, 6) is 0.317. The van der Waals surface area contributed by atoms with Crippen LogP contribution in [0.3, 0.4) is 0 Å². The number of hydrogen-bond acceptors (Lipinski definition) is 5. The molecule has 4 rings (SSSR count). The van der Waals surface area contributed by atoms with Crippen LogP contribution < -0.4 is 5.73 Å². The fourth-order valence-electron chi connectivity index (χ4n) is 3.73. The van der Waals surface area contributed by atoms with Crippen LogP contribution in [0, 0.1) is 0 Å². The van der Waals surface area contributed by atoms with E-state index in [4.69, 9.17) is 17.3 Å². The van der Waals surface area contributed by atoms with E-state index < -0.39 is 0 Å². The molecule has 2 aromatic heterocycles. The van der Waals surface area contributed by atoms with Crippen LogP contribution in [0.2, 0.25) is 5.02 Å². The van der Waals surface area contributed by atoms with Crippen molar-refractivity contribution in [1.29, 1.82) is 0 Å². The summed E-state index contributed by atoms with van der Waals surface area (Å²) in [4.78, 5) is 15.5. The van der Waals surface area contributed by atoms with Gasteiger partial charge in [0.25, 0.3) is 0 Å². The molecule has 5 nitrogen and oxygen atoms in total. The zero-order valence-electron chi connectivity index (χ0n) is 15.1. The van der Waals surface area contributed by atoms with Gasteiger partial charge in [-0.2, -0.15) is 0 Å². The lowest BCUT2D eigenvalue weighted by Gasteiger charge is -2.36. The third kappa shape index (κ3) is 4.10. The number of pyridine rings is 1. The minimum absolute atomic E-state index is 0.211. The predicted molar refractivity (Wildman–Crippen MR) is 108 cm³/mol. The molecule has 3 heterocycles. The second kappa shape index (κ2) is 8.03. The summed E-state index contributed by atoms with van der Waals surface area (Å²) in [5.41, 5.74) is 10.3. The number of piperidine rings is 1. The number of hydrogen-bond donors (Lipinski definition) is 1. The Bertz CT molecular complexity index is 898. The fourth-order valence-corrected chi connectivity index (χ4v) is 3.85. The third-order valence-electron chi connectivity index (χ3n) is 5.06. The molecule has 0 radical (unpaired) electrons. The predicted octanol–water partition coefficient (Wildman–Crippen LogP) is 4.50. The van der Waals surface area contributed by atoms with Gasteiger partial charge in [0.15, 0.2) is 0 Å². The first kappa shape index (κ1) is 17.9. The van der Waals surface area contributed by atoms with Crippen LogP contribution in [0.4, 0.5) is 5.95 Å². The van der Waals surface area contributed by atoms with Gasteiger partial charge in [-0.3, -0.25) is 9.88 Å². The molecule has 0 amide bonds. The molecule has 2 N–H and O–H groups in total. The van der Waals surface area contributed by atoms with E-state index in [9.17, 15) is 0 Å².